The molecule has 2 aromatic rings. The summed E-state index contributed by atoms with van der Waals surface area (Å²) >= 11 is 4.86. The van der Waals surface area contributed by atoms with Gasteiger partial charge in [-0.3, -0.25) is 0 Å². The number of hydrogen-bond acceptors (Lipinski definition) is 3. The molecule has 20 heavy (non-hydrogen) atoms. The number of carboxylic acid groups (broad SMARTS) is 1. The molecule has 0 saturated heterocycles. The van der Waals surface area contributed by atoms with Gasteiger partial charge < -0.3 is 9.84 Å². The fourth-order valence-electron chi connectivity index (χ4n) is 1.72. The maximum atomic E-state index is 11.2. The van der Waals surface area contributed by atoms with Gasteiger partial charge in [0.2, 0.25) is 0 Å². The van der Waals surface area contributed by atoms with Crippen molar-refractivity contribution in [2.75, 3.05) is 7.11 Å². The first-order chi connectivity index (χ1) is 9.60. The summed E-state index contributed by atoms with van der Waals surface area (Å²) in [5.41, 5.74) is 1.41. The SMILES string of the molecule is COc1cccc(CSc2cc(Br)ccc2C(=O)O)c1. The Bertz CT molecular complexity index is 628. The second-order valence-corrected chi connectivity index (χ2v) is 6.02. The van der Waals surface area contributed by atoms with Crippen molar-refractivity contribution in [1.82, 2.24) is 0 Å². The van der Waals surface area contributed by atoms with Crippen LogP contribution in [-0.4, -0.2) is 18.2 Å². The molecule has 0 saturated carbocycles. The second kappa shape index (κ2) is 6.81. The van der Waals surface area contributed by atoms with E-state index in [9.17, 15) is 9.90 Å². The van der Waals surface area contributed by atoms with E-state index in [1.807, 2.05) is 30.3 Å². The third-order valence-electron chi connectivity index (χ3n) is 2.70. The van der Waals surface area contributed by atoms with Gasteiger partial charge in [0, 0.05) is 15.1 Å². The number of benzene rings is 2. The fourth-order valence-corrected chi connectivity index (χ4v) is 3.25. The molecule has 0 aliphatic carbocycles. The summed E-state index contributed by atoms with van der Waals surface area (Å²) < 4.78 is 6.05. The zero-order chi connectivity index (χ0) is 14.5. The molecule has 0 atom stereocenters. The van der Waals surface area contributed by atoms with E-state index in [0.29, 0.717) is 11.3 Å². The third kappa shape index (κ3) is 3.77. The van der Waals surface area contributed by atoms with Crippen LogP contribution in [0.5, 0.6) is 5.75 Å². The number of hydrogen-bond donors (Lipinski definition) is 1. The highest BCUT2D eigenvalue weighted by Gasteiger charge is 2.11. The minimum Gasteiger partial charge on any atom is -0.497 e. The summed E-state index contributed by atoms with van der Waals surface area (Å²) in [6.07, 6.45) is 0. The van der Waals surface area contributed by atoms with Crippen molar-refractivity contribution < 1.29 is 14.6 Å². The van der Waals surface area contributed by atoms with Crippen molar-refractivity contribution in [1.29, 1.82) is 0 Å². The van der Waals surface area contributed by atoms with Gasteiger partial charge in [-0.1, -0.05) is 28.1 Å². The van der Waals surface area contributed by atoms with E-state index in [1.165, 1.54) is 11.8 Å². The van der Waals surface area contributed by atoms with E-state index in [1.54, 1.807) is 19.2 Å². The summed E-state index contributed by atoms with van der Waals surface area (Å²) in [7, 11) is 1.63. The van der Waals surface area contributed by atoms with E-state index in [-0.39, 0.29) is 0 Å². The molecular formula is C15H13BrO3S. The maximum absolute atomic E-state index is 11.2. The first kappa shape index (κ1) is 14.9. The highest BCUT2D eigenvalue weighted by molar-refractivity contribution is 9.10. The maximum Gasteiger partial charge on any atom is 0.336 e. The number of carboxylic acids is 1. The zero-order valence-electron chi connectivity index (χ0n) is 10.8. The first-order valence-electron chi connectivity index (χ1n) is 5.88. The van der Waals surface area contributed by atoms with E-state index >= 15 is 0 Å². The molecule has 2 rings (SSSR count). The van der Waals surface area contributed by atoms with E-state index < -0.39 is 5.97 Å². The van der Waals surface area contributed by atoms with Gasteiger partial charge in [0.1, 0.15) is 5.75 Å². The molecule has 3 nitrogen and oxygen atoms in total. The van der Waals surface area contributed by atoms with Crippen LogP contribution in [0.3, 0.4) is 0 Å². The Balaban J connectivity index is 2.17. The minimum atomic E-state index is -0.911. The zero-order valence-corrected chi connectivity index (χ0v) is 13.2. The van der Waals surface area contributed by atoms with Gasteiger partial charge >= 0.3 is 5.97 Å². The summed E-state index contributed by atoms with van der Waals surface area (Å²) in [6, 6.07) is 12.9. The molecule has 0 aromatic heterocycles. The summed E-state index contributed by atoms with van der Waals surface area (Å²) in [5.74, 6) is 0.579. The van der Waals surface area contributed by atoms with Crippen LogP contribution >= 0.6 is 27.7 Å². The number of methoxy groups -OCH3 is 1. The van der Waals surface area contributed by atoms with Crippen molar-refractivity contribution in [2.24, 2.45) is 0 Å². The Kier molecular flexibility index (Phi) is 5.09. The Hall–Kier alpha value is -1.46. The third-order valence-corrected chi connectivity index (χ3v) is 4.32. The molecule has 0 unspecified atom stereocenters. The fraction of sp³-hybridized carbons (Fsp3) is 0.133. The smallest absolute Gasteiger partial charge is 0.336 e. The highest BCUT2D eigenvalue weighted by Crippen LogP contribution is 2.30. The van der Waals surface area contributed by atoms with Gasteiger partial charge in [0.25, 0.3) is 0 Å². The molecule has 0 bridgehead atoms. The summed E-state index contributed by atoms with van der Waals surface area (Å²) in [4.78, 5) is 11.9. The van der Waals surface area contributed by atoms with Gasteiger partial charge in [0.15, 0.2) is 0 Å². The van der Waals surface area contributed by atoms with E-state index in [0.717, 1.165) is 20.7 Å². The van der Waals surface area contributed by atoms with Crippen LogP contribution < -0.4 is 4.74 Å². The van der Waals surface area contributed by atoms with Gasteiger partial charge in [-0.05, 0) is 35.9 Å². The molecule has 2 aromatic carbocycles. The van der Waals surface area contributed by atoms with Crippen LogP contribution in [0.15, 0.2) is 51.8 Å². The lowest BCUT2D eigenvalue weighted by Gasteiger charge is -2.08. The number of halogens is 1. The minimum absolute atomic E-state index is 0.320. The number of aromatic carboxylic acids is 1. The molecule has 0 spiro atoms. The van der Waals surface area contributed by atoms with Crippen molar-refractivity contribution in [3.8, 4) is 5.75 Å². The van der Waals surface area contributed by atoms with Gasteiger partial charge in [-0.15, -0.1) is 11.8 Å². The number of rotatable bonds is 5. The van der Waals surface area contributed by atoms with E-state index in [4.69, 9.17) is 4.74 Å². The van der Waals surface area contributed by atoms with Gasteiger partial charge in [-0.25, -0.2) is 4.79 Å². The normalized spacial score (nSPS) is 10.3. The predicted molar refractivity (Wildman–Crippen MR) is 83.7 cm³/mol. The number of ether oxygens (including phenoxy) is 1. The Morgan fingerprint density at radius 2 is 2.10 bits per heavy atom. The van der Waals surface area contributed by atoms with Crippen LogP contribution in [0.1, 0.15) is 15.9 Å². The molecule has 0 radical (unpaired) electrons. The lowest BCUT2D eigenvalue weighted by molar-refractivity contribution is 0.0693. The van der Waals surface area contributed by atoms with Gasteiger partial charge in [0.05, 0.1) is 12.7 Å². The van der Waals surface area contributed by atoms with E-state index in [2.05, 4.69) is 15.9 Å². The summed E-state index contributed by atoms with van der Waals surface area (Å²) in [5, 5.41) is 9.19. The molecule has 1 N–H and O–H groups in total. The molecular weight excluding hydrogens is 340 g/mol. The van der Waals surface area contributed by atoms with Crippen molar-refractivity contribution >= 4 is 33.7 Å². The Morgan fingerprint density at radius 3 is 2.80 bits per heavy atom. The average molecular weight is 353 g/mol. The lowest BCUT2D eigenvalue weighted by Crippen LogP contribution is -1.98. The molecule has 104 valence electrons. The highest BCUT2D eigenvalue weighted by atomic mass is 79.9. The standard InChI is InChI=1S/C15H13BrO3S/c1-19-12-4-2-3-10(7-12)9-20-14-8-11(16)5-6-13(14)15(17)18/h2-8H,9H2,1H3,(H,17,18). The predicted octanol–water partition coefficient (Wildman–Crippen LogP) is 4.45. The largest absolute Gasteiger partial charge is 0.497 e. The average Bonchev–Trinajstić information content (AvgIpc) is 2.45. The van der Waals surface area contributed by atoms with Crippen LogP contribution in [0.4, 0.5) is 0 Å². The van der Waals surface area contributed by atoms with Crippen LogP contribution in [0.25, 0.3) is 0 Å². The topological polar surface area (TPSA) is 46.5 Å². The number of thioether (sulfide) groups is 1. The molecule has 0 aliphatic rings. The Labute approximate surface area is 130 Å². The van der Waals surface area contributed by atoms with Crippen LogP contribution in [-0.2, 0) is 5.75 Å². The molecule has 0 aliphatic heterocycles. The van der Waals surface area contributed by atoms with Crippen molar-refractivity contribution in [3.05, 3.63) is 58.1 Å². The van der Waals surface area contributed by atoms with Crippen molar-refractivity contribution in [2.45, 2.75) is 10.6 Å². The molecule has 0 heterocycles. The quantitative estimate of drug-likeness (QED) is 0.807. The summed E-state index contributed by atoms with van der Waals surface area (Å²) in [6.45, 7) is 0. The lowest BCUT2D eigenvalue weighted by atomic mass is 10.2. The van der Waals surface area contributed by atoms with Gasteiger partial charge in [-0.2, -0.15) is 0 Å². The first-order valence-corrected chi connectivity index (χ1v) is 7.66. The molecule has 0 amide bonds. The monoisotopic (exact) mass is 352 g/mol. The second-order valence-electron chi connectivity index (χ2n) is 4.09. The van der Waals surface area contributed by atoms with Crippen LogP contribution in [0, 0.1) is 0 Å². The number of carbonyl (C=O) groups is 1. The van der Waals surface area contributed by atoms with Crippen molar-refractivity contribution in [3.63, 3.8) is 0 Å². The van der Waals surface area contributed by atoms with Crippen LogP contribution in [0.2, 0.25) is 0 Å². The molecule has 0 fully saturated rings. The Morgan fingerprint density at radius 1 is 1.30 bits per heavy atom. The molecule has 5 heteroatoms.